The largest absolute Gasteiger partial charge is 0.388 e. The summed E-state index contributed by atoms with van der Waals surface area (Å²) in [4.78, 5) is 0.895. The molecule has 1 heterocycles. The molecule has 1 nitrogen and oxygen atoms in total. The van der Waals surface area contributed by atoms with E-state index in [1.54, 1.807) is 0 Å². The van der Waals surface area contributed by atoms with E-state index >= 15 is 0 Å². The van der Waals surface area contributed by atoms with Gasteiger partial charge in [0.05, 0.1) is 16.0 Å². The molecular formula is C8H11ClOS. The van der Waals surface area contributed by atoms with Crippen LogP contribution >= 0.6 is 22.9 Å². The van der Waals surface area contributed by atoms with Crippen LogP contribution < -0.4 is 0 Å². The number of aryl methyl sites for hydroxylation is 1. The van der Waals surface area contributed by atoms with Crippen LogP contribution in [0.1, 0.15) is 29.9 Å². The predicted octanol–water partition coefficient (Wildman–Crippen LogP) is 3.15. The van der Waals surface area contributed by atoms with E-state index in [0.29, 0.717) is 0 Å². The molecule has 1 unspecified atom stereocenters. The molecule has 0 saturated heterocycles. The summed E-state index contributed by atoms with van der Waals surface area (Å²) in [7, 11) is 0. The van der Waals surface area contributed by atoms with Crippen LogP contribution in [0.4, 0.5) is 0 Å². The Kier molecular flexibility index (Phi) is 2.93. The Morgan fingerprint density at radius 3 is 2.73 bits per heavy atom. The summed E-state index contributed by atoms with van der Waals surface area (Å²) in [5.41, 5.74) is 1.05. The van der Waals surface area contributed by atoms with E-state index in [2.05, 4.69) is 0 Å². The minimum absolute atomic E-state index is 0.388. The van der Waals surface area contributed by atoms with Crippen molar-refractivity contribution in [3.8, 4) is 0 Å². The molecule has 0 aliphatic carbocycles. The molecule has 62 valence electrons. The fraction of sp³-hybridized carbons (Fsp3) is 0.500. The van der Waals surface area contributed by atoms with Crippen molar-refractivity contribution >= 4 is 22.9 Å². The Bertz CT molecular complexity index is 244. The van der Waals surface area contributed by atoms with E-state index < -0.39 is 0 Å². The normalized spacial score (nSPS) is 13.5. The number of hydrogen-bond acceptors (Lipinski definition) is 2. The molecular weight excluding hydrogens is 180 g/mol. The van der Waals surface area contributed by atoms with Gasteiger partial charge < -0.3 is 5.11 Å². The van der Waals surface area contributed by atoms with Gasteiger partial charge in [0.15, 0.2) is 0 Å². The van der Waals surface area contributed by atoms with Gasteiger partial charge in [-0.2, -0.15) is 0 Å². The first-order valence-electron chi connectivity index (χ1n) is 3.58. The lowest BCUT2D eigenvalue weighted by Crippen LogP contribution is -1.91. The van der Waals surface area contributed by atoms with Crippen LogP contribution in [0.25, 0.3) is 0 Å². The van der Waals surface area contributed by atoms with Crippen molar-refractivity contribution in [2.75, 3.05) is 0 Å². The number of aliphatic hydroxyl groups excluding tert-OH is 1. The van der Waals surface area contributed by atoms with E-state index in [-0.39, 0.29) is 6.10 Å². The fourth-order valence-electron chi connectivity index (χ4n) is 0.860. The van der Waals surface area contributed by atoms with Gasteiger partial charge in [-0.3, -0.25) is 0 Å². The molecule has 1 aromatic rings. The molecule has 3 heteroatoms. The maximum absolute atomic E-state index is 9.45. The van der Waals surface area contributed by atoms with E-state index in [4.69, 9.17) is 11.6 Å². The lowest BCUT2D eigenvalue weighted by molar-refractivity contribution is 0.177. The highest BCUT2D eigenvalue weighted by Gasteiger charge is 2.12. The van der Waals surface area contributed by atoms with Gasteiger partial charge in [0, 0.05) is 0 Å². The first-order valence-corrected chi connectivity index (χ1v) is 4.84. The van der Waals surface area contributed by atoms with Crippen molar-refractivity contribution in [3.05, 3.63) is 20.8 Å². The maximum atomic E-state index is 9.45. The standard InChI is InChI=1S/C8H11ClOS/c1-3-6(10)8-7(9)5(2)4-11-8/h4,6,10H,3H2,1-2H3. The third kappa shape index (κ3) is 1.75. The molecule has 1 atom stereocenters. The summed E-state index contributed by atoms with van der Waals surface area (Å²) >= 11 is 7.46. The van der Waals surface area contributed by atoms with Crippen molar-refractivity contribution in [2.45, 2.75) is 26.4 Å². The molecule has 0 saturated carbocycles. The monoisotopic (exact) mass is 190 g/mol. The van der Waals surface area contributed by atoms with Gasteiger partial charge in [-0.1, -0.05) is 18.5 Å². The van der Waals surface area contributed by atoms with Crippen molar-refractivity contribution in [3.63, 3.8) is 0 Å². The minimum atomic E-state index is -0.388. The predicted molar refractivity (Wildman–Crippen MR) is 49.3 cm³/mol. The number of aliphatic hydroxyl groups is 1. The van der Waals surface area contributed by atoms with Crippen LogP contribution in [0.3, 0.4) is 0 Å². The molecule has 0 fully saturated rings. The highest BCUT2D eigenvalue weighted by atomic mass is 35.5. The minimum Gasteiger partial charge on any atom is -0.388 e. The van der Waals surface area contributed by atoms with Gasteiger partial charge in [0.25, 0.3) is 0 Å². The van der Waals surface area contributed by atoms with Crippen molar-refractivity contribution in [2.24, 2.45) is 0 Å². The van der Waals surface area contributed by atoms with Gasteiger partial charge >= 0.3 is 0 Å². The smallest absolute Gasteiger partial charge is 0.0894 e. The Morgan fingerprint density at radius 1 is 1.73 bits per heavy atom. The van der Waals surface area contributed by atoms with E-state index in [1.165, 1.54) is 11.3 Å². The zero-order valence-electron chi connectivity index (χ0n) is 6.60. The summed E-state index contributed by atoms with van der Waals surface area (Å²) in [5, 5.41) is 12.1. The van der Waals surface area contributed by atoms with Gasteiger partial charge in [0.1, 0.15) is 0 Å². The molecule has 0 aliphatic heterocycles. The second kappa shape index (κ2) is 3.57. The lowest BCUT2D eigenvalue weighted by Gasteiger charge is -2.04. The highest BCUT2D eigenvalue weighted by Crippen LogP contribution is 2.33. The molecule has 1 N–H and O–H groups in total. The van der Waals surface area contributed by atoms with Gasteiger partial charge in [-0.05, 0) is 24.3 Å². The second-order valence-electron chi connectivity index (χ2n) is 2.52. The highest BCUT2D eigenvalue weighted by molar-refractivity contribution is 7.10. The van der Waals surface area contributed by atoms with Gasteiger partial charge in [-0.25, -0.2) is 0 Å². The Labute approximate surface area is 75.6 Å². The van der Waals surface area contributed by atoms with Crippen LogP contribution in [0.2, 0.25) is 5.02 Å². The SMILES string of the molecule is CCC(O)c1scc(C)c1Cl. The third-order valence-electron chi connectivity index (χ3n) is 1.61. The van der Waals surface area contributed by atoms with Crippen LogP contribution in [0.5, 0.6) is 0 Å². The summed E-state index contributed by atoms with van der Waals surface area (Å²) in [6.07, 6.45) is 0.334. The molecule has 0 bridgehead atoms. The number of hydrogen-bond donors (Lipinski definition) is 1. The van der Waals surface area contributed by atoms with Crippen molar-refractivity contribution in [1.82, 2.24) is 0 Å². The topological polar surface area (TPSA) is 20.2 Å². The Morgan fingerprint density at radius 2 is 2.36 bits per heavy atom. The second-order valence-corrected chi connectivity index (χ2v) is 3.81. The molecule has 0 amide bonds. The zero-order valence-corrected chi connectivity index (χ0v) is 8.17. The number of rotatable bonds is 2. The third-order valence-corrected chi connectivity index (χ3v) is 3.43. The van der Waals surface area contributed by atoms with Crippen LogP contribution in [0.15, 0.2) is 5.38 Å². The molecule has 1 rings (SSSR count). The lowest BCUT2D eigenvalue weighted by atomic mass is 10.2. The van der Waals surface area contributed by atoms with Crippen LogP contribution in [0, 0.1) is 6.92 Å². The zero-order chi connectivity index (χ0) is 8.43. The number of halogens is 1. The molecule has 0 aromatic carbocycles. The van der Waals surface area contributed by atoms with Gasteiger partial charge in [0.2, 0.25) is 0 Å². The molecule has 0 spiro atoms. The number of thiophene rings is 1. The summed E-state index contributed by atoms with van der Waals surface area (Å²) in [6.45, 7) is 3.89. The Hall–Kier alpha value is -0.0500. The van der Waals surface area contributed by atoms with Crippen LogP contribution in [-0.2, 0) is 0 Å². The average molecular weight is 191 g/mol. The molecule has 0 aliphatic rings. The van der Waals surface area contributed by atoms with E-state index in [0.717, 1.165) is 21.9 Å². The summed E-state index contributed by atoms with van der Waals surface area (Å²) < 4.78 is 0. The van der Waals surface area contributed by atoms with Crippen LogP contribution in [-0.4, -0.2) is 5.11 Å². The van der Waals surface area contributed by atoms with Crippen molar-refractivity contribution in [1.29, 1.82) is 0 Å². The van der Waals surface area contributed by atoms with Crippen molar-refractivity contribution < 1.29 is 5.11 Å². The molecule has 1 aromatic heterocycles. The van der Waals surface area contributed by atoms with E-state index in [9.17, 15) is 5.11 Å². The van der Waals surface area contributed by atoms with Gasteiger partial charge in [-0.15, -0.1) is 11.3 Å². The first-order chi connectivity index (χ1) is 5.16. The summed E-state index contributed by atoms with van der Waals surface area (Å²) in [6, 6.07) is 0. The quantitative estimate of drug-likeness (QED) is 0.760. The summed E-state index contributed by atoms with van der Waals surface area (Å²) in [5.74, 6) is 0. The van der Waals surface area contributed by atoms with E-state index in [1.807, 2.05) is 19.2 Å². The fourth-order valence-corrected chi connectivity index (χ4v) is 2.25. The maximum Gasteiger partial charge on any atom is 0.0894 e. The molecule has 11 heavy (non-hydrogen) atoms. The first kappa shape index (κ1) is 9.04. The average Bonchev–Trinajstić information content (AvgIpc) is 2.32. The Balaban J connectivity index is 2.94. The molecule has 0 radical (unpaired) electrons.